The molecule has 196 valence electrons. The highest BCUT2D eigenvalue weighted by molar-refractivity contribution is 5.43. The van der Waals surface area contributed by atoms with Crippen LogP contribution in [0.15, 0.2) is 18.2 Å². The van der Waals surface area contributed by atoms with Crippen LogP contribution < -0.4 is 4.74 Å². The van der Waals surface area contributed by atoms with Gasteiger partial charge < -0.3 is 64.5 Å². The summed E-state index contributed by atoms with van der Waals surface area (Å²) >= 11 is 0. The number of nitriles is 1. The minimum absolute atomic E-state index is 0.156. The van der Waals surface area contributed by atoms with E-state index in [2.05, 4.69) is 0 Å². The lowest BCUT2D eigenvalue weighted by molar-refractivity contribution is -0.334. The molecule has 0 aliphatic carbocycles. The number of benzene rings is 1. The zero-order chi connectivity index (χ0) is 25.9. The summed E-state index contributed by atoms with van der Waals surface area (Å²) in [6, 6.07) is 5.88. The molecule has 0 bridgehead atoms. The lowest BCUT2D eigenvalue weighted by atomic mass is 9.98. The van der Waals surface area contributed by atoms with Crippen molar-refractivity contribution in [3.8, 4) is 17.6 Å². The predicted octanol–water partition coefficient (Wildman–Crippen LogP) is -3.39. The SMILES string of the molecule is COc1ccc([C@H](C#N)O[C@@H]2O[C@H](CO[C@@H]3O[C@H](CO)[C@@H](O)[C@H](O)[C@H]3O)[C@@H](O)[C@H](O)[C@H]2O)cc1O. The van der Waals surface area contributed by atoms with Gasteiger partial charge >= 0.3 is 0 Å². The van der Waals surface area contributed by atoms with Crippen LogP contribution in [-0.2, 0) is 18.9 Å². The van der Waals surface area contributed by atoms with Crippen LogP contribution in [-0.4, -0.2) is 123 Å². The standard InChI is InChI=1S/C21H29NO13/c1-31-10-3-2-8(4-9(10)24)11(5-22)33-21-19(30)17(28)15(26)13(35-21)7-32-20-18(29)16(27)14(25)12(6-23)34-20/h2-4,11-21,23-30H,6-7H2,1H3/t11-,12+,13+,14+,15+,16-,17-,18+,19+,20+,21+/m0/s1. The highest BCUT2D eigenvalue weighted by Crippen LogP contribution is 2.33. The van der Waals surface area contributed by atoms with E-state index in [9.17, 15) is 46.1 Å². The van der Waals surface area contributed by atoms with Gasteiger partial charge in [-0.3, -0.25) is 0 Å². The molecule has 0 unspecified atom stereocenters. The normalized spacial score (nSPS) is 38.5. The molecule has 14 nitrogen and oxygen atoms in total. The van der Waals surface area contributed by atoms with E-state index in [0.717, 1.165) is 0 Å². The van der Waals surface area contributed by atoms with Gasteiger partial charge in [0.25, 0.3) is 0 Å². The van der Waals surface area contributed by atoms with E-state index in [-0.39, 0.29) is 17.1 Å². The van der Waals surface area contributed by atoms with Gasteiger partial charge in [-0.15, -0.1) is 0 Å². The highest BCUT2D eigenvalue weighted by atomic mass is 16.7. The van der Waals surface area contributed by atoms with Crippen molar-refractivity contribution in [2.75, 3.05) is 20.3 Å². The second-order valence-electron chi connectivity index (χ2n) is 8.12. The van der Waals surface area contributed by atoms with Crippen LogP contribution in [0.5, 0.6) is 11.5 Å². The Morgan fingerprint density at radius 2 is 1.51 bits per heavy atom. The van der Waals surface area contributed by atoms with Crippen LogP contribution >= 0.6 is 0 Å². The van der Waals surface area contributed by atoms with E-state index < -0.39 is 80.7 Å². The van der Waals surface area contributed by atoms with E-state index in [1.807, 2.05) is 6.07 Å². The van der Waals surface area contributed by atoms with Crippen molar-refractivity contribution in [1.82, 2.24) is 0 Å². The number of aromatic hydroxyl groups is 1. The van der Waals surface area contributed by atoms with E-state index in [0.29, 0.717) is 0 Å². The van der Waals surface area contributed by atoms with Gasteiger partial charge in [-0.05, 0) is 17.7 Å². The molecule has 2 aliphatic rings. The van der Waals surface area contributed by atoms with Crippen molar-refractivity contribution in [3.63, 3.8) is 0 Å². The van der Waals surface area contributed by atoms with Crippen molar-refractivity contribution in [3.05, 3.63) is 23.8 Å². The third kappa shape index (κ3) is 5.82. The molecule has 35 heavy (non-hydrogen) atoms. The summed E-state index contributed by atoms with van der Waals surface area (Å²) in [5.41, 5.74) is 0.191. The molecule has 0 spiro atoms. The zero-order valence-electron chi connectivity index (χ0n) is 18.6. The molecule has 2 heterocycles. The monoisotopic (exact) mass is 503 g/mol. The number of aliphatic hydroxyl groups excluding tert-OH is 7. The molecule has 0 aromatic heterocycles. The number of rotatable bonds is 8. The fraction of sp³-hybridized carbons (Fsp3) is 0.667. The molecule has 2 aliphatic heterocycles. The first kappa shape index (κ1) is 27.5. The molecule has 0 saturated carbocycles. The molecule has 2 saturated heterocycles. The van der Waals surface area contributed by atoms with Gasteiger partial charge in [0.1, 0.15) is 48.8 Å². The third-order valence-corrected chi connectivity index (χ3v) is 5.83. The van der Waals surface area contributed by atoms with Crippen molar-refractivity contribution >= 4 is 0 Å². The fourth-order valence-electron chi connectivity index (χ4n) is 3.75. The number of aliphatic hydroxyl groups is 7. The maximum absolute atomic E-state index is 10.3. The Kier molecular flexibility index (Phi) is 9.21. The maximum atomic E-state index is 10.3. The quantitative estimate of drug-likeness (QED) is 0.173. The number of phenolic OH excluding ortho intramolecular Hbond substituents is 1. The highest BCUT2D eigenvalue weighted by Gasteiger charge is 2.48. The number of methoxy groups -OCH3 is 1. The largest absolute Gasteiger partial charge is 0.504 e. The molecule has 11 atom stereocenters. The summed E-state index contributed by atoms with van der Waals surface area (Å²) in [6.45, 7) is -1.22. The Morgan fingerprint density at radius 3 is 2.09 bits per heavy atom. The Labute approximate surface area is 199 Å². The lowest BCUT2D eigenvalue weighted by Crippen LogP contribution is -2.61. The molecule has 0 radical (unpaired) electrons. The number of phenols is 1. The Hall–Kier alpha value is -2.13. The van der Waals surface area contributed by atoms with E-state index >= 15 is 0 Å². The van der Waals surface area contributed by atoms with Crippen LogP contribution in [0, 0.1) is 11.3 Å². The average Bonchev–Trinajstić information content (AvgIpc) is 2.85. The zero-order valence-corrected chi connectivity index (χ0v) is 18.6. The van der Waals surface area contributed by atoms with Gasteiger partial charge in [-0.1, -0.05) is 6.07 Å². The van der Waals surface area contributed by atoms with Crippen LogP contribution in [0.1, 0.15) is 11.7 Å². The van der Waals surface area contributed by atoms with Gasteiger partial charge in [-0.2, -0.15) is 5.26 Å². The van der Waals surface area contributed by atoms with Gasteiger partial charge in [0.15, 0.2) is 30.2 Å². The molecule has 0 amide bonds. The van der Waals surface area contributed by atoms with Crippen molar-refractivity contribution in [2.24, 2.45) is 0 Å². The molecule has 8 N–H and O–H groups in total. The van der Waals surface area contributed by atoms with Crippen molar-refractivity contribution in [1.29, 1.82) is 5.26 Å². The van der Waals surface area contributed by atoms with Crippen molar-refractivity contribution < 1.29 is 64.5 Å². The molecule has 2 fully saturated rings. The summed E-state index contributed by atoms with van der Waals surface area (Å²) in [7, 11) is 1.35. The predicted molar refractivity (Wildman–Crippen MR) is 110 cm³/mol. The Bertz CT molecular complexity index is 879. The van der Waals surface area contributed by atoms with Crippen molar-refractivity contribution in [2.45, 2.75) is 67.5 Å². The third-order valence-electron chi connectivity index (χ3n) is 5.83. The van der Waals surface area contributed by atoms with E-state index in [4.69, 9.17) is 23.7 Å². The van der Waals surface area contributed by atoms with Crippen LogP contribution in [0.4, 0.5) is 0 Å². The second kappa shape index (κ2) is 11.7. The summed E-state index contributed by atoms with van der Waals surface area (Å²) in [6.07, 6.45) is -17.3. The van der Waals surface area contributed by atoms with Gasteiger partial charge in [0, 0.05) is 0 Å². The van der Waals surface area contributed by atoms with E-state index in [1.165, 1.54) is 25.3 Å². The fourth-order valence-corrected chi connectivity index (χ4v) is 3.75. The lowest BCUT2D eigenvalue weighted by Gasteiger charge is -2.43. The van der Waals surface area contributed by atoms with Crippen LogP contribution in [0.25, 0.3) is 0 Å². The molecule has 1 aromatic carbocycles. The molecule has 14 heteroatoms. The summed E-state index contributed by atoms with van der Waals surface area (Å²) in [4.78, 5) is 0. The molecule has 1 aromatic rings. The van der Waals surface area contributed by atoms with Gasteiger partial charge in [-0.25, -0.2) is 0 Å². The topological polar surface area (TPSA) is 232 Å². The molecule has 3 rings (SSSR count). The van der Waals surface area contributed by atoms with E-state index in [1.54, 1.807) is 0 Å². The summed E-state index contributed by atoms with van der Waals surface area (Å²) in [5, 5.41) is 89.4. The first-order chi connectivity index (χ1) is 16.6. The summed E-state index contributed by atoms with van der Waals surface area (Å²) in [5.74, 6) is -0.108. The Morgan fingerprint density at radius 1 is 0.914 bits per heavy atom. The van der Waals surface area contributed by atoms with Gasteiger partial charge in [0.05, 0.1) is 26.4 Å². The smallest absolute Gasteiger partial charge is 0.188 e. The van der Waals surface area contributed by atoms with Gasteiger partial charge in [0.2, 0.25) is 0 Å². The Balaban J connectivity index is 1.68. The summed E-state index contributed by atoms with van der Waals surface area (Å²) < 4.78 is 26.5. The number of ether oxygens (including phenoxy) is 5. The first-order valence-electron chi connectivity index (χ1n) is 10.7. The minimum Gasteiger partial charge on any atom is -0.504 e. The van der Waals surface area contributed by atoms with Crippen LogP contribution in [0.2, 0.25) is 0 Å². The molecular formula is C21H29NO13. The minimum atomic E-state index is -1.78. The second-order valence-corrected chi connectivity index (χ2v) is 8.12. The first-order valence-corrected chi connectivity index (χ1v) is 10.7. The number of hydrogen-bond acceptors (Lipinski definition) is 14. The van der Waals surface area contributed by atoms with Crippen LogP contribution in [0.3, 0.4) is 0 Å². The number of hydrogen-bond donors (Lipinski definition) is 8. The number of nitrogens with zero attached hydrogens (tertiary/aromatic N) is 1. The average molecular weight is 503 g/mol. The maximum Gasteiger partial charge on any atom is 0.188 e. The molecular weight excluding hydrogens is 474 g/mol.